The Balaban J connectivity index is 0.00000272. The number of anilines is 1. The lowest BCUT2D eigenvalue weighted by Crippen LogP contribution is -2.52. The van der Waals surface area contributed by atoms with Gasteiger partial charge in [-0.15, -0.1) is 35.3 Å². The van der Waals surface area contributed by atoms with Crippen LogP contribution in [0.5, 0.6) is 0 Å². The molecule has 1 fully saturated rings. The molecule has 0 unspecified atom stereocenters. The van der Waals surface area contributed by atoms with E-state index in [9.17, 15) is 0 Å². The van der Waals surface area contributed by atoms with Crippen LogP contribution in [0, 0.1) is 0 Å². The monoisotopic (exact) mass is 550 g/mol. The number of guanidine groups is 1. The second-order valence-corrected chi connectivity index (χ2v) is 8.38. The van der Waals surface area contributed by atoms with Gasteiger partial charge in [-0.05, 0) is 35.9 Å². The zero-order valence-electron chi connectivity index (χ0n) is 18.0. The standard InChI is InChI=1S/C23H30N6S.HI/c1-24-23(29-16-14-28(15-17-29)22-10-6-18-30-22)26-19-21-25-11-13-27(21)12-5-9-20-7-3-2-4-8-20;/h2-4,6-8,10-11,13,18H,5,9,12,14-17,19H2,1H3,(H,24,26);1H. The predicted octanol–water partition coefficient (Wildman–Crippen LogP) is 4.09. The van der Waals surface area contributed by atoms with E-state index in [2.05, 4.69) is 83.7 Å². The van der Waals surface area contributed by atoms with Crippen molar-refractivity contribution in [2.24, 2.45) is 4.99 Å². The lowest BCUT2D eigenvalue weighted by Gasteiger charge is -2.37. The Morgan fingerprint density at radius 1 is 1.10 bits per heavy atom. The predicted molar refractivity (Wildman–Crippen MR) is 141 cm³/mol. The number of rotatable bonds is 7. The number of thiophene rings is 1. The second kappa shape index (κ2) is 12.1. The van der Waals surface area contributed by atoms with E-state index in [0.717, 1.165) is 57.3 Å². The highest BCUT2D eigenvalue weighted by atomic mass is 127. The molecule has 3 heterocycles. The van der Waals surface area contributed by atoms with Gasteiger partial charge in [0.1, 0.15) is 5.82 Å². The van der Waals surface area contributed by atoms with E-state index in [4.69, 9.17) is 0 Å². The summed E-state index contributed by atoms with van der Waals surface area (Å²) in [6.45, 7) is 5.66. The van der Waals surface area contributed by atoms with Crippen molar-refractivity contribution in [1.29, 1.82) is 0 Å². The SMILES string of the molecule is CN=C(NCc1nccn1CCCc1ccccc1)N1CCN(c2cccs2)CC1.I. The van der Waals surface area contributed by atoms with Crippen LogP contribution >= 0.6 is 35.3 Å². The van der Waals surface area contributed by atoms with E-state index in [0.29, 0.717) is 6.54 Å². The van der Waals surface area contributed by atoms with E-state index in [1.807, 2.05) is 24.6 Å². The van der Waals surface area contributed by atoms with Gasteiger partial charge in [-0.25, -0.2) is 4.98 Å². The van der Waals surface area contributed by atoms with Gasteiger partial charge in [0, 0.05) is 52.2 Å². The summed E-state index contributed by atoms with van der Waals surface area (Å²) in [6.07, 6.45) is 6.15. The summed E-state index contributed by atoms with van der Waals surface area (Å²) in [5, 5.41) is 7.02. The topological polar surface area (TPSA) is 48.7 Å². The number of hydrogen-bond donors (Lipinski definition) is 1. The summed E-state index contributed by atoms with van der Waals surface area (Å²) in [4.78, 5) is 13.9. The second-order valence-electron chi connectivity index (χ2n) is 7.45. The number of nitrogens with one attached hydrogen (secondary N) is 1. The smallest absolute Gasteiger partial charge is 0.194 e. The van der Waals surface area contributed by atoms with Gasteiger partial charge in [0.25, 0.3) is 0 Å². The Kier molecular flexibility index (Phi) is 9.20. The average molecular weight is 551 g/mol. The summed E-state index contributed by atoms with van der Waals surface area (Å²) in [5.41, 5.74) is 1.39. The third-order valence-corrected chi connectivity index (χ3v) is 6.45. The van der Waals surface area contributed by atoms with Crippen LogP contribution in [0.3, 0.4) is 0 Å². The van der Waals surface area contributed by atoms with Gasteiger partial charge in [-0.3, -0.25) is 4.99 Å². The molecule has 1 aliphatic heterocycles. The van der Waals surface area contributed by atoms with Crippen molar-refractivity contribution in [3.63, 3.8) is 0 Å². The first kappa shape index (κ1) is 23.6. The minimum atomic E-state index is 0. The molecule has 31 heavy (non-hydrogen) atoms. The molecule has 0 radical (unpaired) electrons. The summed E-state index contributed by atoms with van der Waals surface area (Å²) in [5.74, 6) is 2.01. The van der Waals surface area contributed by atoms with Crippen LogP contribution in [-0.4, -0.2) is 53.6 Å². The first-order chi connectivity index (χ1) is 14.8. The van der Waals surface area contributed by atoms with Crippen molar-refractivity contribution in [2.75, 3.05) is 38.1 Å². The summed E-state index contributed by atoms with van der Waals surface area (Å²) in [6, 6.07) is 15.0. The van der Waals surface area contributed by atoms with Crippen LogP contribution in [-0.2, 0) is 19.5 Å². The van der Waals surface area contributed by atoms with Crippen LogP contribution in [0.2, 0.25) is 0 Å². The highest BCUT2D eigenvalue weighted by Gasteiger charge is 2.20. The number of aliphatic imine (C=N–C) groups is 1. The highest BCUT2D eigenvalue weighted by molar-refractivity contribution is 14.0. The molecule has 0 atom stereocenters. The molecule has 2 aromatic heterocycles. The molecule has 3 aromatic rings. The number of piperazine rings is 1. The number of nitrogens with zero attached hydrogens (tertiary/aromatic N) is 5. The number of aryl methyl sites for hydroxylation is 2. The summed E-state index contributed by atoms with van der Waals surface area (Å²) < 4.78 is 2.25. The lowest BCUT2D eigenvalue weighted by atomic mass is 10.1. The molecule has 0 aliphatic carbocycles. The van der Waals surface area contributed by atoms with Crippen LogP contribution in [0.1, 0.15) is 17.8 Å². The van der Waals surface area contributed by atoms with Crippen LogP contribution in [0.25, 0.3) is 0 Å². The summed E-state index contributed by atoms with van der Waals surface area (Å²) >= 11 is 1.81. The molecule has 6 nitrogen and oxygen atoms in total. The van der Waals surface area contributed by atoms with Crippen molar-refractivity contribution in [2.45, 2.75) is 25.9 Å². The minimum absolute atomic E-state index is 0. The Bertz CT molecular complexity index is 917. The number of halogens is 1. The Labute approximate surface area is 206 Å². The van der Waals surface area contributed by atoms with Crippen molar-refractivity contribution in [3.8, 4) is 0 Å². The number of imidazole rings is 1. The maximum atomic E-state index is 4.56. The Morgan fingerprint density at radius 3 is 2.61 bits per heavy atom. The fourth-order valence-corrected chi connectivity index (χ4v) is 4.67. The molecular formula is C23H31IN6S. The minimum Gasteiger partial charge on any atom is -0.360 e. The fourth-order valence-electron chi connectivity index (χ4n) is 3.89. The van der Waals surface area contributed by atoms with Crippen molar-refractivity contribution >= 4 is 46.3 Å². The molecule has 0 saturated carbocycles. The first-order valence-corrected chi connectivity index (χ1v) is 11.5. The molecule has 0 spiro atoms. The molecule has 4 rings (SSSR count). The van der Waals surface area contributed by atoms with Gasteiger partial charge in [-0.2, -0.15) is 0 Å². The number of benzene rings is 1. The van der Waals surface area contributed by atoms with Crippen molar-refractivity contribution in [1.82, 2.24) is 19.8 Å². The van der Waals surface area contributed by atoms with Gasteiger partial charge in [-0.1, -0.05) is 30.3 Å². The highest BCUT2D eigenvalue weighted by Crippen LogP contribution is 2.22. The van der Waals surface area contributed by atoms with Gasteiger partial charge in [0.15, 0.2) is 5.96 Å². The average Bonchev–Trinajstić information content (AvgIpc) is 3.48. The quantitative estimate of drug-likeness (QED) is 0.274. The molecule has 166 valence electrons. The molecule has 1 aliphatic rings. The molecule has 8 heteroatoms. The largest absolute Gasteiger partial charge is 0.360 e. The molecule has 1 aromatic carbocycles. The molecular weight excluding hydrogens is 519 g/mol. The summed E-state index contributed by atoms with van der Waals surface area (Å²) in [7, 11) is 1.86. The first-order valence-electron chi connectivity index (χ1n) is 10.6. The van der Waals surface area contributed by atoms with Gasteiger partial charge in [0.2, 0.25) is 0 Å². The van der Waals surface area contributed by atoms with Crippen LogP contribution in [0.4, 0.5) is 5.00 Å². The lowest BCUT2D eigenvalue weighted by molar-refractivity contribution is 0.372. The van der Waals surface area contributed by atoms with Gasteiger partial charge >= 0.3 is 0 Å². The Morgan fingerprint density at radius 2 is 1.90 bits per heavy atom. The van der Waals surface area contributed by atoms with Crippen molar-refractivity contribution < 1.29 is 0 Å². The van der Waals surface area contributed by atoms with E-state index in [-0.39, 0.29) is 24.0 Å². The van der Waals surface area contributed by atoms with Gasteiger partial charge < -0.3 is 19.7 Å². The zero-order chi connectivity index (χ0) is 20.6. The maximum Gasteiger partial charge on any atom is 0.194 e. The number of hydrogen-bond acceptors (Lipinski definition) is 4. The number of aromatic nitrogens is 2. The molecule has 0 bridgehead atoms. The van der Waals surface area contributed by atoms with Gasteiger partial charge in [0.05, 0.1) is 11.5 Å². The van der Waals surface area contributed by atoms with E-state index >= 15 is 0 Å². The van der Waals surface area contributed by atoms with Crippen LogP contribution < -0.4 is 10.2 Å². The van der Waals surface area contributed by atoms with Crippen LogP contribution in [0.15, 0.2) is 65.2 Å². The van der Waals surface area contributed by atoms with E-state index in [1.54, 1.807) is 0 Å². The zero-order valence-corrected chi connectivity index (χ0v) is 21.1. The Hall–Kier alpha value is -2.07. The molecule has 1 saturated heterocycles. The third-order valence-electron chi connectivity index (χ3n) is 5.52. The molecule has 1 N–H and O–H groups in total. The van der Waals surface area contributed by atoms with E-state index in [1.165, 1.54) is 10.6 Å². The third kappa shape index (κ3) is 6.46. The van der Waals surface area contributed by atoms with E-state index < -0.39 is 0 Å². The van der Waals surface area contributed by atoms with Crippen molar-refractivity contribution in [3.05, 3.63) is 71.6 Å². The normalized spacial score (nSPS) is 14.4. The maximum absolute atomic E-state index is 4.56. The molecule has 0 amide bonds. The fraction of sp³-hybridized carbons (Fsp3) is 0.391.